The summed E-state index contributed by atoms with van der Waals surface area (Å²) in [7, 11) is 0. The minimum atomic E-state index is 0.0579. The molecule has 0 saturated carbocycles. The number of rotatable bonds is 7. The predicted molar refractivity (Wildman–Crippen MR) is 50.6 cm³/mol. The van der Waals surface area contributed by atoms with Crippen molar-refractivity contribution in [3.05, 3.63) is 10.6 Å². The molecule has 0 aromatic heterocycles. The zero-order valence-corrected chi connectivity index (χ0v) is 8.24. The smallest absolute Gasteiger partial charge is 0.0698 e. The summed E-state index contributed by atoms with van der Waals surface area (Å²) in [5.41, 5.74) is 1.32. The number of halogens is 2. The first-order valence-corrected chi connectivity index (χ1v) is 4.46. The Morgan fingerprint density at radius 2 is 2.25 bits per heavy atom. The summed E-state index contributed by atoms with van der Waals surface area (Å²) < 4.78 is 4.99. The molecule has 0 unspecified atom stereocenters. The van der Waals surface area contributed by atoms with Gasteiger partial charge in [-0.05, 0) is 0 Å². The first-order chi connectivity index (χ1) is 5.81. The quantitative estimate of drug-likeness (QED) is 0.619. The fraction of sp³-hybridized carbons (Fsp3) is 0.714. The van der Waals surface area contributed by atoms with Crippen molar-refractivity contribution in [3.8, 4) is 0 Å². The van der Waals surface area contributed by atoms with Crippen LogP contribution in [0, 0.1) is 0 Å². The molecule has 0 heterocycles. The molecule has 3 nitrogen and oxygen atoms in total. The maximum Gasteiger partial charge on any atom is 0.0698 e. The Bertz CT molecular complexity index is 131. The molecule has 72 valence electrons. The third-order valence-corrected chi connectivity index (χ3v) is 1.69. The second-order valence-corrected chi connectivity index (χ2v) is 2.77. The summed E-state index contributed by atoms with van der Waals surface area (Å²) in [6, 6.07) is 0. The summed E-state index contributed by atoms with van der Waals surface area (Å²) >= 11 is 10.9. The Labute approximate surface area is 82.3 Å². The zero-order valence-electron chi connectivity index (χ0n) is 6.72. The molecule has 2 N–H and O–H groups in total. The number of hydrogen-bond donors (Lipinski definition) is 2. The zero-order chi connectivity index (χ0) is 9.23. The van der Waals surface area contributed by atoms with Gasteiger partial charge in [0, 0.05) is 23.7 Å². The number of hydrogen-bond acceptors (Lipinski definition) is 3. The summed E-state index contributed by atoms with van der Waals surface area (Å²) in [6.07, 6.45) is 0. The van der Waals surface area contributed by atoms with Crippen molar-refractivity contribution in [1.29, 1.82) is 0 Å². The summed E-state index contributed by atoms with van der Waals surface area (Å²) in [6.45, 7) is 2.24. The molecule has 0 radical (unpaired) electrons. The number of ether oxygens (including phenoxy) is 1. The van der Waals surface area contributed by atoms with Crippen molar-refractivity contribution in [1.82, 2.24) is 5.32 Å². The molecule has 0 aromatic rings. The lowest BCUT2D eigenvalue weighted by Crippen LogP contribution is -2.21. The Balaban J connectivity index is 3.00. The second-order valence-electron chi connectivity index (χ2n) is 2.07. The van der Waals surface area contributed by atoms with Gasteiger partial charge in [-0.3, -0.25) is 0 Å². The third-order valence-electron chi connectivity index (χ3n) is 1.07. The van der Waals surface area contributed by atoms with Gasteiger partial charge >= 0.3 is 0 Å². The van der Waals surface area contributed by atoms with Crippen LogP contribution in [0.2, 0.25) is 0 Å². The Morgan fingerprint density at radius 3 is 2.83 bits per heavy atom. The average Bonchev–Trinajstić information content (AvgIpc) is 2.10. The SMILES string of the molecule is OCCOCCNCC(Cl)=CCl. The van der Waals surface area contributed by atoms with Gasteiger partial charge < -0.3 is 15.2 Å². The highest BCUT2D eigenvalue weighted by Gasteiger charge is 1.90. The van der Waals surface area contributed by atoms with Gasteiger partial charge in [-0.1, -0.05) is 23.2 Å². The molecule has 0 saturated heterocycles. The third kappa shape index (κ3) is 8.30. The maximum atomic E-state index is 8.36. The van der Waals surface area contributed by atoms with Crippen LogP contribution in [0.4, 0.5) is 0 Å². The lowest BCUT2D eigenvalue weighted by Gasteiger charge is -2.03. The molecular weight excluding hydrogens is 201 g/mol. The highest BCUT2D eigenvalue weighted by atomic mass is 35.5. The van der Waals surface area contributed by atoms with Gasteiger partial charge in [-0.25, -0.2) is 0 Å². The first kappa shape index (κ1) is 12.2. The predicted octanol–water partition coefficient (Wildman–Crippen LogP) is 0.904. The lowest BCUT2D eigenvalue weighted by atomic mass is 10.5. The molecule has 0 aliphatic heterocycles. The molecule has 0 fully saturated rings. The maximum absolute atomic E-state index is 8.36. The molecule has 0 spiro atoms. The minimum absolute atomic E-state index is 0.0579. The van der Waals surface area contributed by atoms with Gasteiger partial charge in [-0.15, -0.1) is 0 Å². The van der Waals surface area contributed by atoms with E-state index in [1.165, 1.54) is 5.54 Å². The van der Waals surface area contributed by atoms with E-state index in [-0.39, 0.29) is 6.61 Å². The number of nitrogens with one attached hydrogen (secondary N) is 1. The van der Waals surface area contributed by atoms with E-state index in [1.54, 1.807) is 0 Å². The summed E-state index contributed by atoms with van der Waals surface area (Å²) in [5.74, 6) is 0. The first-order valence-electron chi connectivity index (χ1n) is 3.65. The molecule has 12 heavy (non-hydrogen) atoms. The van der Waals surface area contributed by atoms with Crippen LogP contribution in [0.1, 0.15) is 0 Å². The van der Waals surface area contributed by atoms with Gasteiger partial charge in [0.15, 0.2) is 0 Å². The molecular formula is C7H13Cl2NO2. The molecule has 5 heteroatoms. The fourth-order valence-corrected chi connectivity index (χ4v) is 0.729. The van der Waals surface area contributed by atoms with E-state index < -0.39 is 0 Å². The van der Waals surface area contributed by atoms with E-state index in [0.29, 0.717) is 31.3 Å². The Hall–Kier alpha value is 0.200. The molecule has 0 aliphatic carbocycles. The number of aliphatic hydroxyl groups excluding tert-OH is 1. The van der Waals surface area contributed by atoms with E-state index >= 15 is 0 Å². The lowest BCUT2D eigenvalue weighted by molar-refractivity contribution is 0.0943. The van der Waals surface area contributed by atoms with Gasteiger partial charge in [0.25, 0.3) is 0 Å². The van der Waals surface area contributed by atoms with Gasteiger partial charge in [0.1, 0.15) is 0 Å². The van der Waals surface area contributed by atoms with Crippen LogP contribution >= 0.6 is 23.2 Å². The molecule has 0 rings (SSSR count). The average molecular weight is 214 g/mol. The highest BCUT2D eigenvalue weighted by Crippen LogP contribution is 1.99. The van der Waals surface area contributed by atoms with Crippen LogP contribution in [0.3, 0.4) is 0 Å². The van der Waals surface area contributed by atoms with Crippen molar-refractivity contribution in [2.75, 3.05) is 32.9 Å². The van der Waals surface area contributed by atoms with Crippen molar-refractivity contribution >= 4 is 23.2 Å². The summed E-state index contributed by atoms with van der Waals surface area (Å²) in [5, 5.41) is 11.9. The largest absolute Gasteiger partial charge is 0.394 e. The van der Waals surface area contributed by atoms with Crippen LogP contribution < -0.4 is 5.32 Å². The number of aliphatic hydroxyl groups is 1. The normalized spacial score (nSPS) is 12.1. The second kappa shape index (κ2) is 9.29. The molecule has 0 amide bonds. The molecule has 0 aromatic carbocycles. The Morgan fingerprint density at radius 1 is 1.50 bits per heavy atom. The van der Waals surface area contributed by atoms with Crippen molar-refractivity contribution in [2.24, 2.45) is 0 Å². The van der Waals surface area contributed by atoms with Gasteiger partial charge in [0.2, 0.25) is 0 Å². The van der Waals surface area contributed by atoms with E-state index in [0.717, 1.165) is 0 Å². The standard InChI is InChI=1S/C7H13Cl2NO2/c8-5-7(9)6-10-1-3-12-4-2-11/h5,10-11H,1-4,6H2. The van der Waals surface area contributed by atoms with E-state index in [2.05, 4.69) is 5.32 Å². The van der Waals surface area contributed by atoms with E-state index in [9.17, 15) is 0 Å². The van der Waals surface area contributed by atoms with Crippen LogP contribution in [0.5, 0.6) is 0 Å². The van der Waals surface area contributed by atoms with E-state index in [1.807, 2.05) is 0 Å². The van der Waals surface area contributed by atoms with Gasteiger partial charge in [0.05, 0.1) is 19.8 Å². The van der Waals surface area contributed by atoms with Crippen LogP contribution in [-0.4, -0.2) is 38.0 Å². The minimum Gasteiger partial charge on any atom is -0.394 e. The van der Waals surface area contributed by atoms with Crippen molar-refractivity contribution in [3.63, 3.8) is 0 Å². The van der Waals surface area contributed by atoms with Crippen LogP contribution in [-0.2, 0) is 4.74 Å². The van der Waals surface area contributed by atoms with Crippen molar-refractivity contribution in [2.45, 2.75) is 0 Å². The molecule has 0 bridgehead atoms. The van der Waals surface area contributed by atoms with Gasteiger partial charge in [-0.2, -0.15) is 0 Å². The molecule has 0 atom stereocenters. The topological polar surface area (TPSA) is 41.5 Å². The fourth-order valence-electron chi connectivity index (χ4n) is 0.557. The van der Waals surface area contributed by atoms with Crippen LogP contribution in [0.15, 0.2) is 10.6 Å². The highest BCUT2D eigenvalue weighted by molar-refractivity contribution is 6.36. The molecule has 0 aliphatic rings. The van der Waals surface area contributed by atoms with Crippen LogP contribution in [0.25, 0.3) is 0 Å². The van der Waals surface area contributed by atoms with Crippen molar-refractivity contribution < 1.29 is 9.84 Å². The summed E-state index contributed by atoms with van der Waals surface area (Å²) in [4.78, 5) is 0. The van der Waals surface area contributed by atoms with E-state index in [4.69, 9.17) is 33.0 Å². The monoisotopic (exact) mass is 213 g/mol. The Kier molecular flexibility index (Phi) is 9.44.